The number of rotatable bonds is 6. The van der Waals surface area contributed by atoms with Crippen LogP contribution in [0.4, 0.5) is 10.1 Å². The molecule has 32 heavy (non-hydrogen) atoms. The van der Waals surface area contributed by atoms with Crippen LogP contribution in [0.5, 0.6) is 0 Å². The Hall–Kier alpha value is -3.74. The molecular formula is C25H25FN4O2. The molecular weight excluding hydrogens is 407 g/mol. The van der Waals surface area contributed by atoms with Gasteiger partial charge in [0.25, 0.3) is 0 Å². The summed E-state index contributed by atoms with van der Waals surface area (Å²) in [6.07, 6.45) is 0.568. The van der Waals surface area contributed by atoms with Crippen LogP contribution in [0.2, 0.25) is 0 Å². The summed E-state index contributed by atoms with van der Waals surface area (Å²) >= 11 is 0. The topological polar surface area (TPSA) is 73.0 Å². The fourth-order valence-electron chi connectivity index (χ4n) is 3.70. The maximum Gasteiger partial charge on any atom is 0.246 e. The standard InChI is InChI=1S/C25H25FN4O2/c1-15-7-5-6-8-21(15)25-28-23(18(4)32-25)13-22-16(2)29-30(17(22)3)14-24(31)27-20-11-9-19(26)10-12-20/h5-12H,13-14H2,1-4H3,(H,27,31). The Morgan fingerprint density at radius 3 is 2.50 bits per heavy atom. The van der Waals surface area contributed by atoms with Crippen molar-refractivity contribution < 1.29 is 13.6 Å². The lowest BCUT2D eigenvalue weighted by Crippen LogP contribution is -2.20. The van der Waals surface area contributed by atoms with Crippen LogP contribution in [0.15, 0.2) is 52.9 Å². The number of carbonyl (C=O) groups is 1. The Balaban J connectivity index is 1.52. The van der Waals surface area contributed by atoms with Crippen molar-refractivity contribution in [1.29, 1.82) is 0 Å². The number of hydrogen-bond acceptors (Lipinski definition) is 4. The highest BCUT2D eigenvalue weighted by molar-refractivity contribution is 5.90. The molecule has 0 aliphatic rings. The van der Waals surface area contributed by atoms with Crippen molar-refractivity contribution in [1.82, 2.24) is 14.8 Å². The molecule has 0 unspecified atom stereocenters. The van der Waals surface area contributed by atoms with Crippen molar-refractivity contribution in [3.63, 3.8) is 0 Å². The zero-order valence-corrected chi connectivity index (χ0v) is 18.6. The molecule has 2 aromatic heterocycles. The smallest absolute Gasteiger partial charge is 0.246 e. The molecule has 2 aromatic carbocycles. The summed E-state index contributed by atoms with van der Waals surface area (Å²) in [7, 11) is 0. The first kappa shape index (κ1) is 21.5. The van der Waals surface area contributed by atoms with Crippen LogP contribution in [0.25, 0.3) is 11.5 Å². The van der Waals surface area contributed by atoms with E-state index in [0.717, 1.165) is 39.5 Å². The predicted molar refractivity (Wildman–Crippen MR) is 121 cm³/mol. The minimum Gasteiger partial charge on any atom is -0.441 e. The average Bonchev–Trinajstić information content (AvgIpc) is 3.24. The second-order valence-electron chi connectivity index (χ2n) is 7.88. The van der Waals surface area contributed by atoms with E-state index in [1.54, 1.807) is 4.68 Å². The normalized spacial score (nSPS) is 11.0. The Kier molecular flexibility index (Phi) is 5.90. The van der Waals surface area contributed by atoms with Gasteiger partial charge in [-0.3, -0.25) is 9.48 Å². The van der Waals surface area contributed by atoms with Crippen molar-refractivity contribution in [2.45, 2.75) is 40.7 Å². The first-order valence-electron chi connectivity index (χ1n) is 10.4. The molecule has 7 heteroatoms. The van der Waals surface area contributed by atoms with Crippen LogP contribution in [-0.2, 0) is 17.8 Å². The Labute approximate surface area is 186 Å². The lowest BCUT2D eigenvalue weighted by Gasteiger charge is -2.07. The molecule has 0 aliphatic carbocycles. The van der Waals surface area contributed by atoms with E-state index in [0.29, 0.717) is 18.0 Å². The third kappa shape index (κ3) is 4.46. The Morgan fingerprint density at radius 2 is 1.78 bits per heavy atom. The lowest BCUT2D eigenvalue weighted by molar-refractivity contribution is -0.116. The molecule has 0 aliphatic heterocycles. The summed E-state index contributed by atoms with van der Waals surface area (Å²) in [4.78, 5) is 17.2. The van der Waals surface area contributed by atoms with E-state index in [1.165, 1.54) is 24.3 Å². The predicted octanol–water partition coefficient (Wildman–Crippen LogP) is 5.14. The Bertz CT molecular complexity index is 1270. The third-order valence-electron chi connectivity index (χ3n) is 5.57. The number of amides is 1. The number of aromatic nitrogens is 3. The number of aryl methyl sites for hydroxylation is 3. The Morgan fingerprint density at radius 1 is 1.06 bits per heavy atom. The number of carbonyl (C=O) groups excluding carboxylic acids is 1. The van der Waals surface area contributed by atoms with Gasteiger partial charge in [0.15, 0.2) is 0 Å². The van der Waals surface area contributed by atoms with E-state index < -0.39 is 0 Å². The summed E-state index contributed by atoms with van der Waals surface area (Å²) in [5.41, 5.74) is 6.24. The molecule has 0 saturated carbocycles. The highest BCUT2D eigenvalue weighted by Crippen LogP contribution is 2.27. The highest BCUT2D eigenvalue weighted by atomic mass is 19.1. The van der Waals surface area contributed by atoms with Gasteiger partial charge in [-0.15, -0.1) is 0 Å². The van der Waals surface area contributed by atoms with Crippen LogP contribution >= 0.6 is 0 Å². The lowest BCUT2D eigenvalue weighted by atomic mass is 10.1. The van der Waals surface area contributed by atoms with Gasteiger partial charge in [-0.05, 0) is 63.6 Å². The molecule has 1 amide bonds. The largest absolute Gasteiger partial charge is 0.441 e. The molecule has 0 spiro atoms. The van der Waals surface area contributed by atoms with Crippen molar-refractivity contribution in [2.24, 2.45) is 0 Å². The van der Waals surface area contributed by atoms with Gasteiger partial charge in [0.05, 0.1) is 11.4 Å². The molecule has 2 heterocycles. The molecule has 1 N–H and O–H groups in total. The number of halogens is 1. The van der Waals surface area contributed by atoms with Crippen LogP contribution in [0.1, 0.15) is 34.0 Å². The van der Waals surface area contributed by atoms with Crippen LogP contribution < -0.4 is 5.32 Å². The fourth-order valence-corrected chi connectivity index (χ4v) is 3.70. The summed E-state index contributed by atoms with van der Waals surface area (Å²) < 4.78 is 20.7. The SMILES string of the molecule is Cc1ccccc1-c1nc(Cc2c(C)nn(CC(=O)Nc3ccc(F)cc3)c2C)c(C)o1. The highest BCUT2D eigenvalue weighted by Gasteiger charge is 2.19. The van der Waals surface area contributed by atoms with E-state index in [-0.39, 0.29) is 18.3 Å². The van der Waals surface area contributed by atoms with Gasteiger partial charge in [-0.1, -0.05) is 18.2 Å². The first-order valence-corrected chi connectivity index (χ1v) is 10.4. The van der Waals surface area contributed by atoms with Gasteiger partial charge >= 0.3 is 0 Å². The monoisotopic (exact) mass is 432 g/mol. The quantitative estimate of drug-likeness (QED) is 0.458. The van der Waals surface area contributed by atoms with Crippen molar-refractivity contribution in [3.8, 4) is 11.5 Å². The fraction of sp³-hybridized carbons (Fsp3) is 0.240. The summed E-state index contributed by atoms with van der Waals surface area (Å²) in [5, 5.41) is 7.31. The third-order valence-corrected chi connectivity index (χ3v) is 5.57. The van der Waals surface area contributed by atoms with E-state index in [2.05, 4.69) is 10.4 Å². The van der Waals surface area contributed by atoms with Gasteiger partial charge in [0.1, 0.15) is 18.1 Å². The zero-order chi connectivity index (χ0) is 22.8. The zero-order valence-electron chi connectivity index (χ0n) is 18.6. The number of nitrogens with one attached hydrogen (secondary N) is 1. The van der Waals surface area contributed by atoms with Crippen molar-refractivity contribution in [2.75, 3.05) is 5.32 Å². The van der Waals surface area contributed by atoms with E-state index >= 15 is 0 Å². The summed E-state index contributed by atoms with van der Waals surface area (Å²) in [5.74, 6) is 0.800. The number of oxazole rings is 1. The number of anilines is 1. The minimum absolute atomic E-state index is 0.0658. The molecule has 164 valence electrons. The molecule has 0 atom stereocenters. The first-order chi connectivity index (χ1) is 15.3. The number of hydrogen-bond donors (Lipinski definition) is 1. The molecule has 0 saturated heterocycles. The molecule has 4 rings (SSSR count). The van der Waals surface area contributed by atoms with Crippen molar-refractivity contribution in [3.05, 3.63) is 88.3 Å². The molecule has 4 aromatic rings. The maximum absolute atomic E-state index is 13.1. The number of nitrogens with zero attached hydrogens (tertiary/aromatic N) is 3. The van der Waals surface area contributed by atoms with Crippen LogP contribution in [0, 0.1) is 33.5 Å². The van der Waals surface area contributed by atoms with Gasteiger partial charge < -0.3 is 9.73 Å². The van der Waals surface area contributed by atoms with Gasteiger partial charge in [-0.2, -0.15) is 5.10 Å². The van der Waals surface area contributed by atoms with Gasteiger partial charge in [0.2, 0.25) is 11.8 Å². The average molecular weight is 432 g/mol. The molecule has 0 fully saturated rings. The molecule has 0 bridgehead atoms. The summed E-state index contributed by atoms with van der Waals surface area (Å²) in [6, 6.07) is 13.7. The summed E-state index contributed by atoms with van der Waals surface area (Å²) in [6.45, 7) is 7.88. The van der Waals surface area contributed by atoms with E-state index in [1.807, 2.05) is 52.0 Å². The van der Waals surface area contributed by atoms with Crippen LogP contribution in [0.3, 0.4) is 0 Å². The maximum atomic E-state index is 13.1. The molecule has 0 radical (unpaired) electrons. The van der Waals surface area contributed by atoms with E-state index in [9.17, 15) is 9.18 Å². The molecule has 6 nitrogen and oxygen atoms in total. The van der Waals surface area contributed by atoms with Gasteiger partial charge in [-0.25, -0.2) is 9.37 Å². The van der Waals surface area contributed by atoms with Crippen molar-refractivity contribution >= 4 is 11.6 Å². The van der Waals surface area contributed by atoms with E-state index in [4.69, 9.17) is 9.40 Å². The second-order valence-corrected chi connectivity index (χ2v) is 7.88. The minimum atomic E-state index is -0.347. The number of benzene rings is 2. The van der Waals surface area contributed by atoms with Gasteiger partial charge in [0, 0.05) is 28.9 Å². The van der Waals surface area contributed by atoms with Crippen LogP contribution in [-0.4, -0.2) is 20.7 Å². The second kappa shape index (κ2) is 8.78.